The van der Waals surface area contributed by atoms with Gasteiger partial charge in [0.25, 0.3) is 5.56 Å². The third-order valence-electron chi connectivity index (χ3n) is 4.15. The summed E-state index contributed by atoms with van der Waals surface area (Å²) in [5.74, 6) is -4.03. The highest BCUT2D eigenvalue weighted by Crippen LogP contribution is 2.31. The second-order valence-corrected chi connectivity index (χ2v) is 5.52. The Bertz CT molecular complexity index is 1060. The molecule has 0 aliphatic heterocycles. The Hall–Kier alpha value is -3.16. The Morgan fingerprint density at radius 2 is 1.84 bits per heavy atom. The van der Waals surface area contributed by atoms with Crippen molar-refractivity contribution in [2.45, 2.75) is 13.3 Å². The van der Waals surface area contributed by atoms with Gasteiger partial charge in [-0.2, -0.15) is 0 Å². The Morgan fingerprint density at radius 1 is 1.24 bits per heavy atom. The number of para-hydroxylation sites is 1. The van der Waals surface area contributed by atoms with E-state index in [1.54, 1.807) is 6.92 Å². The number of benzene rings is 1. The van der Waals surface area contributed by atoms with Crippen LogP contribution in [0.3, 0.4) is 0 Å². The second kappa shape index (κ2) is 5.73. The number of carbonyl (C=O) groups is 1. The Kier molecular flexibility index (Phi) is 3.82. The maximum atomic E-state index is 14.2. The molecule has 0 amide bonds. The summed E-state index contributed by atoms with van der Waals surface area (Å²) in [6.45, 7) is 1.69. The van der Waals surface area contributed by atoms with Gasteiger partial charge >= 0.3 is 5.97 Å². The zero-order valence-electron chi connectivity index (χ0n) is 13.4. The summed E-state index contributed by atoms with van der Waals surface area (Å²) in [5, 5.41) is 19.1. The molecule has 3 aromatic rings. The fraction of sp³-hybridized carbons (Fsp3) is 0.176. The summed E-state index contributed by atoms with van der Waals surface area (Å²) in [5.41, 5.74) is -1.48. The van der Waals surface area contributed by atoms with E-state index in [2.05, 4.69) is 0 Å². The summed E-state index contributed by atoms with van der Waals surface area (Å²) in [6.07, 6.45) is 0.257. The first-order chi connectivity index (χ1) is 11.8. The lowest BCUT2D eigenvalue weighted by Gasteiger charge is -2.14. The molecule has 2 aromatic heterocycles. The average molecular weight is 348 g/mol. The summed E-state index contributed by atoms with van der Waals surface area (Å²) < 4.78 is 30.4. The van der Waals surface area contributed by atoms with E-state index in [4.69, 9.17) is 0 Å². The minimum absolute atomic E-state index is 0.171. The van der Waals surface area contributed by atoms with Crippen molar-refractivity contribution in [3.63, 3.8) is 0 Å². The van der Waals surface area contributed by atoms with E-state index in [1.807, 2.05) is 0 Å². The summed E-state index contributed by atoms with van der Waals surface area (Å²) >= 11 is 0. The van der Waals surface area contributed by atoms with Gasteiger partial charge in [0.05, 0.1) is 5.52 Å². The maximum Gasteiger partial charge on any atom is 0.356 e. The van der Waals surface area contributed by atoms with Gasteiger partial charge in [0, 0.05) is 12.7 Å². The molecule has 0 bridgehead atoms. The standard InChI is InChI=1S/C17H14F2N2O4/c1-3-8-7-11-12(15(22)14(17(24)25)20(11)2)16(23)21(8)13-9(18)5-4-6-10(13)19/h4-7,22H,3H2,1-2H3,(H,24,25). The van der Waals surface area contributed by atoms with Crippen LogP contribution in [0.25, 0.3) is 16.6 Å². The molecular formula is C17H14F2N2O4. The number of aromatic hydroxyl groups is 1. The molecule has 0 saturated heterocycles. The van der Waals surface area contributed by atoms with Crippen LogP contribution in [-0.2, 0) is 13.5 Å². The molecule has 2 N–H and O–H groups in total. The number of aromatic nitrogens is 2. The van der Waals surface area contributed by atoms with E-state index < -0.39 is 40.3 Å². The normalized spacial score (nSPS) is 11.2. The van der Waals surface area contributed by atoms with Gasteiger partial charge in [-0.05, 0) is 24.6 Å². The van der Waals surface area contributed by atoms with Gasteiger partial charge in [-0.3, -0.25) is 9.36 Å². The molecule has 3 rings (SSSR count). The summed E-state index contributed by atoms with van der Waals surface area (Å²) in [4.78, 5) is 24.2. The molecular weight excluding hydrogens is 334 g/mol. The van der Waals surface area contributed by atoms with Gasteiger partial charge in [0.1, 0.15) is 22.7 Å². The number of aryl methyl sites for hydroxylation is 2. The molecule has 0 saturated carbocycles. The molecule has 0 atom stereocenters. The van der Waals surface area contributed by atoms with Gasteiger partial charge in [-0.25, -0.2) is 13.6 Å². The van der Waals surface area contributed by atoms with Gasteiger partial charge < -0.3 is 14.8 Å². The Labute approximate surface area is 140 Å². The van der Waals surface area contributed by atoms with Crippen LogP contribution in [0.1, 0.15) is 23.1 Å². The van der Waals surface area contributed by atoms with E-state index in [0.29, 0.717) is 0 Å². The van der Waals surface area contributed by atoms with E-state index in [1.165, 1.54) is 19.2 Å². The predicted octanol–water partition coefficient (Wildman–Crippen LogP) is 2.57. The molecule has 1 aromatic carbocycles. The van der Waals surface area contributed by atoms with Crippen molar-refractivity contribution in [3.05, 3.63) is 57.6 Å². The first kappa shape index (κ1) is 16.7. The SMILES string of the molecule is CCc1cc2c(c(O)c(C(=O)O)n2C)c(=O)n1-c1c(F)cccc1F. The Balaban J connectivity index is 2.54. The molecule has 130 valence electrons. The fourth-order valence-corrected chi connectivity index (χ4v) is 2.98. The Morgan fingerprint density at radius 3 is 2.36 bits per heavy atom. The third kappa shape index (κ3) is 2.29. The lowest BCUT2D eigenvalue weighted by atomic mass is 10.2. The van der Waals surface area contributed by atoms with Gasteiger partial charge in [0.15, 0.2) is 11.4 Å². The molecule has 0 radical (unpaired) electrons. The van der Waals surface area contributed by atoms with E-state index in [9.17, 15) is 28.6 Å². The van der Waals surface area contributed by atoms with Crippen LogP contribution in [0.2, 0.25) is 0 Å². The number of fused-ring (bicyclic) bond motifs is 1. The molecule has 2 heterocycles. The lowest BCUT2D eigenvalue weighted by molar-refractivity contribution is 0.0683. The molecule has 0 aliphatic carbocycles. The average Bonchev–Trinajstić information content (AvgIpc) is 2.79. The molecule has 6 nitrogen and oxygen atoms in total. The highest BCUT2D eigenvalue weighted by Gasteiger charge is 2.26. The third-order valence-corrected chi connectivity index (χ3v) is 4.15. The van der Waals surface area contributed by atoms with Crippen LogP contribution in [-0.4, -0.2) is 25.3 Å². The molecule has 25 heavy (non-hydrogen) atoms. The van der Waals surface area contributed by atoms with Crippen LogP contribution in [0.5, 0.6) is 5.75 Å². The van der Waals surface area contributed by atoms with Crippen LogP contribution in [0.4, 0.5) is 8.78 Å². The number of halogens is 2. The first-order valence-electron chi connectivity index (χ1n) is 7.43. The number of hydrogen-bond acceptors (Lipinski definition) is 3. The number of carboxylic acids is 1. The van der Waals surface area contributed by atoms with E-state index in [-0.39, 0.29) is 23.0 Å². The van der Waals surface area contributed by atoms with E-state index in [0.717, 1.165) is 21.3 Å². The van der Waals surface area contributed by atoms with Crippen molar-refractivity contribution in [2.24, 2.45) is 7.05 Å². The minimum Gasteiger partial charge on any atom is -0.505 e. The van der Waals surface area contributed by atoms with Crippen molar-refractivity contribution in [1.82, 2.24) is 9.13 Å². The number of aromatic carboxylic acids is 1. The smallest absolute Gasteiger partial charge is 0.356 e. The number of carboxylic acid groups (broad SMARTS) is 1. The molecule has 0 aliphatic rings. The van der Waals surface area contributed by atoms with Crippen LogP contribution < -0.4 is 5.56 Å². The highest BCUT2D eigenvalue weighted by molar-refractivity contribution is 6.00. The van der Waals surface area contributed by atoms with Crippen molar-refractivity contribution in [2.75, 3.05) is 0 Å². The molecule has 8 heteroatoms. The summed E-state index contributed by atoms with van der Waals surface area (Å²) in [7, 11) is 1.39. The number of hydrogen-bond donors (Lipinski definition) is 2. The first-order valence-corrected chi connectivity index (χ1v) is 7.43. The fourth-order valence-electron chi connectivity index (χ4n) is 2.98. The lowest BCUT2D eigenvalue weighted by Crippen LogP contribution is -2.24. The highest BCUT2D eigenvalue weighted by atomic mass is 19.1. The largest absolute Gasteiger partial charge is 0.505 e. The minimum atomic E-state index is -1.42. The summed E-state index contributed by atoms with van der Waals surface area (Å²) in [6, 6.07) is 4.64. The van der Waals surface area contributed by atoms with Gasteiger partial charge in [-0.15, -0.1) is 0 Å². The van der Waals surface area contributed by atoms with Crippen molar-refractivity contribution in [1.29, 1.82) is 0 Å². The topological polar surface area (TPSA) is 84.5 Å². The monoisotopic (exact) mass is 348 g/mol. The van der Waals surface area contributed by atoms with Crippen LogP contribution in [0, 0.1) is 11.6 Å². The van der Waals surface area contributed by atoms with Crippen LogP contribution in [0.15, 0.2) is 29.1 Å². The number of rotatable bonds is 3. The number of nitrogens with zero attached hydrogens (tertiary/aromatic N) is 2. The molecule has 0 fully saturated rings. The molecule has 0 spiro atoms. The second-order valence-electron chi connectivity index (χ2n) is 5.52. The van der Waals surface area contributed by atoms with Gasteiger partial charge in [0.2, 0.25) is 0 Å². The van der Waals surface area contributed by atoms with Crippen molar-refractivity contribution in [3.8, 4) is 11.4 Å². The zero-order chi connectivity index (χ0) is 18.5. The van der Waals surface area contributed by atoms with E-state index >= 15 is 0 Å². The van der Waals surface area contributed by atoms with Crippen molar-refractivity contribution < 1.29 is 23.8 Å². The van der Waals surface area contributed by atoms with Crippen molar-refractivity contribution >= 4 is 16.9 Å². The predicted molar refractivity (Wildman–Crippen MR) is 86.4 cm³/mol. The van der Waals surface area contributed by atoms with Gasteiger partial charge in [-0.1, -0.05) is 13.0 Å². The quantitative estimate of drug-likeness (QED) is 0.762. The molecule has 0 unspecified atom stereocenters. The van der Waals surface area contributed by atoms with Crippen LogP contribution >= 0.6 is 0 Å². The number of pyridine rings is 1. The maximum absolute atomic E-state index is 14.2. The zero-order valence-corrected chi connectivity index (χ0v) is 13.4.